The number of nitro groups is 1. The molecular weight excluding hydrogens is 438 g/mol. The Kier molecular flexibility index (Phi) is 7.48. The largest absolute Gasteiger partial charge is 0.455 e. The van der Waals surface area contributed by atoms with Gasteiger partial charge in [0.15, 0.2) is 6.61 Å². The monoisotopic (exact) mass is 455 g/mol. The minimum Gasteiger partial charge on any atom is -0.455 e. The number of carbonyl (C=O) groups is 2. The Balaban J connectivity index is 1.87. The standard InChI is InChI=1S/C18H18ClN3O7S/c1-11-3-5-14(7-12(11)2)30(27,28)20-9-18(24)29-10-17(23)21-13-4-6-15(19)16(8-13)22(25)26/h3-8,20H,9-10H2,1-2H3,(H,21,23). The van der Waals surface area contributed by atoms with Crippen molar-refractivity contribution in [1.29, 1.82) is 0 Å². The van der Waals surface area contributed by atoms with Gasteiger partial charge in [0.2, 0.25) is 10.0 Å². The summed E-state index contributed by atoms with van der Waals surface area (Å²) in [6, 6.07) is 8.17. The van der Waals surface area contributed by atoms with Crippen LogP contribution in [0.1, 0.15) is 11.1 Å². The number of esters is 1. The lowest BCUT2D eigenvalue weighted by Crippen LogP contribution is -2.32. The van der Waals surface area contributed by atoms with Crippen LogP contribution < -0.4 is 10.0 Å². The maximum atomic E-state index is 12.2. The van der Waals surface area contributed by atoms with E-state index in [0.29, 0.717) is 0 Å². The Morgan fingerprint density at radius 1 is 1.13 bits per heavy atom. The van der Waals surface area contributed by atoms with Crippen LogP contribution in [0.3, 0.4) is 0 Å². The minimum atomic E-state index is -3.93. The van der Waals surface area contributed by atoms with Gasteiger partial charge in [-0.1, -0.05) is 17.7 Å². The summed E-state index contributed by atoms with van der Waals surface area (Å²) in [5.41, 5.74) is 1.39. The lowest BCUT2D eigenvalue weighted by atomic mass is 10.1. The van der Waals surface area contributed by atoms with Crippen molar-refractivity contribution in [2.75, 3.05) is 18.5 Å². The molecule has 0 saturated carbocycles. The molecule has 2 aromatic carbocycles. The molecule has 10 nitrogen and oxygen atoms in total. The van der Waals surface area contributed by atoms with E-state index in [1.807, 2.05) is 6.92 Å². The van der Waals surface area contributed by atoms with Crippen molar-refractivity contribution in [3.05, 3.63) is 62.7 Å². The van der Waals surface area contributed by atoms with Crippen molar-refractivity contribution in [1.82, 2.24) is 4.72 Å². The molecule has 0 heterocycles. The Bertz CT molecular complexity index is 1100. The van der Waals surface area contributed by atoms with Gasteiger partial charge in [0.25, 0.3) is 11.6 Å². The van der Waals surface area contributed by atoms with Crippen LogP contribution in [0.2, 0.25) is 5.02 Å². The van der Waals surface area contributed by atoms with E-state index in [1.165, 1.54) is 24.3 Å². The van der Waals surface area contributed by atoms with Crippen LogP contribution in [-0.4, -0.2) is 38.4 Å². The molecule has 2 N–H and O–H groups in total. The third kappa shape index (κ3) is 6.24. The van der Waals surface area contributed by atoms with Crippen LogP contribution >= 0.6 is 11.6 Å². The molecule has 0 aliphatic heterocycles. The highest BCUT2D eigenvalue weighted by Crippen LogP contribution is 2.27. The summed E-state index contributed by atoms with van der Waals surface area (Å²) in [4.78, 5) is 33.7. The molecule has 0 aromatic heterocycles. The summed E-state index contributed by atoms with van der Waals surface area (Å²) >= 11 is 5.68. The maximum Gasteiger partial charge on any atom is 0.321 e. The van der Waals surface area contributed by atoms with E-state index in [-0.39, 0.29) is 15.6 Å². The average Bonchev–Trinajstić information content (AvgIpc) is 2.68. The SMILES string of the molecule is Cc1ccc(S(=O)(=O)NCC(=O)OCC(=O)Nc2ccc(Cl)c([N+](=O)[O-])c2)cc1C. The molecule has 160 valence electrons. The second-order valence-electron chi connectivity index (χ2n) is 6.20. The van der Waals surface area contributed by atoms with Gasteiger partial charge in [0.1, 0.15) is 11.6 Å². The number of halogens is 1. The molecule has 0 spiro atoms. The number of nitrogens with one attached hydrogen (secondary N) is 2. The summed E-state index contributed by atoms with van der Waals surface area (Å²) in [7, 11) is -3.93. The molecule has 1 amide bonds. The Morgan fingerprint density at radius 3 is 2.47 bits per heavy atom. The van der Waals surface area contributed by atoms with Crippen LogP contribution in [-0.2, 0) is 24.3 Å². The van der Waals surface area contributed by atoms with Crippen molar-refractivity contribution in [2.45, 2.75) is 18.7 Å². The van der Waals surface area contributed by atoms with Gasteiger partial charge >= 0.3 is 5.97 Å². The first-order valence-corrected chi connectivity index (χ1v) is 10.3. The zero-order valence-corrected chi connectivity index (χ0v) is 17.5. The maximum absolute atomic E-state index is 12.2. The van der Waals surface area contributed by atoms with Gasteiger partial charge < -0.3 is 10.1 Å². The number of nitrogens with zero attached hydrogens (tertiary/aromatic N) is 1. The Morgan fingerprint density at radius 2 is 1.83 bits per heavy atom. The van der Waals surface area contributed by atoms with Gasteiger partial charge in [-0.15, -0.1) is 0 Å². The van der Waals surface area contributed by atoms with Gasteiger partial charge in [-0.2, -0.15) is 4.72 Å². The first-order chi connectivity index (χ1) is 14.0. The highest BCUT2D eigenvalue weighted by molar-refractivity contribution is 7.89. The van der Waals surface area contributed by atoms with E-state index < -0.39 is 45.7 Å². The highest BCUT2D eigenvalue weighted by atomic mass is 35.5. The van der Waals surface area contributed by atoms with E-state index in [9.17, 15) is 28.1 Å². The van der Waals surface area contributed by atoms with Crippen LogP contribution in [0.5, 0.6) is 0 Å². The van der Waals surface area contributed by atoms with Crippen LogP contribution in [0, 0.1) is 24.0 Å². The lowest BCUT2D eigenvalue weighted by molar-refractivity contribution is -0.384. The quantitative estimate of drug-likeness (QED) is 0.353. The van der Waals surface area contributed by atoms with Gasteiger partial charge in [-0.3, -0.25) is 19.7 Å². The second-order valence-corrected chi connectivity index (χ2v) is 8.38. The molecule has 0 bridgehead atoms. The van der Waals surface area contributed by atoms with E-state index in [0.717, 1.165) is 17.2 Å². The van der Waals surface area contributed by atoms with E-state index in [2.05, 4.69) is 10.0 Å². The van der Waals surface area contributed by atoms with Crippen LogP contribution in [0.25, 0.3) is 0 Å². The van der Waals surface area contributed by atoms with Gasteiger partial charge in [0.05, 0.1) is 9.82 Å². The highest BCUT2D eigenvalue weighted by Gasteiger charge is 2.18. The number of aryl methyl sites for hydroxylation is 2. The Hall–Kier alpha value is -3.02. The van der Waals surface area contributed by atoms with Crippen LogP contribution in [0.15, 0.2) is 41.3 Å². The molecule has 2 rings (SSSR count). The van der Waals surface area contributed by atoms with Gasteiger partial charge in [0, 0.05) is 11.8 Å². The van der Waals surface area contributed by atoms with Crippen molar-refractivity contribution >= 4 is 44.9 Å². The molecule has 0 fully saturated rings. The molecular formula is C18H18ClN3O7S. The van der Waals surface area contributed by atoms with Crippen molar-refractivity contribution in [3.63, 3.8) is 0 Å². The third-order valence-corrected chi connectivity index (χ3v) is 5.70. The van der Waals surface area contributed by atoms with Crippen molar-refractivity contribution < 1.29 is 27.7 Å². The van der Waals surface area contributed by atoms with Gasteiger partial charge in [-0.05, 0) is 49.2 Å². The molecule has 0 unspecified atom stereocenters. The van der Waals surface area contributed by atoms with Gasteiger partial charge in [-0.25, -0.2) is 8.42 Å². The fourth-order valence-corrected chi connectivity index (χ4v) is 3.48. The molecule has 0 atom stereocenters. The number of benzene rings is 2. The second kappa shape index (κ2) is 9.65. The molecule has 0 aliphatic rings. The lowest BCUT2D eigenvalue weighted by Gasteiger charge is -2.09. The number of hydrogen-bond donors (Lipinski definition) is 2. The summed E-state index contributed by atoms with van der Waals surface area (Å²) in [5, 5.41) is 13.1. The molecule has 0 radical (unpaired) electrons. The third-order valence-electron chi connectivity index (χ3n) is 3.99. The molecule has 0 saturated heterocycles. The number of ether oxygens (including phenoxy) is 1. The van der Waals surface area contributed by atoms with E-state index in [4.69, 9.17) is 16.3 Å². The summed E-state index contributed by atoms with van der Waals surface area (Å²) in [5.74, 6) is -1.74. The summed E-state index contributed by atoms with van der Waals surface area (Å²) in [6.07, 6.45) is 0. The van der Waals surface area contributed by atoms with E-state index >= 15 is 0 Å². The zero-order valence-electron chi connectivity index (χ0n) is 16.0. The molecule has 2 aromatic rings. The molecule has 12 heteroatoms. The fraction of sp³-hybridized carbons (Fsp3) is 0.222. The number of carbonyl (C=O) groups excluding carboxylic acids is 2. The number of hydrogen-bond acceptors (Lipinski definition) is 7. The smallest absolute Gasteiger partial charge is 0.321 e. The van der Waals surface area contributed by atoms with Crippen molar-refractivity contribution in [2.24, 2.45) is 0 Å². The predicted octanol–water partition coefficient (Wildman–Crippen LogP) is 2.33. The summed E-state index contributed by atoms with van der Waals surface area (Å²) < 4.78 is 31.3. The zero-order chi connectivity index (χ0) is 22.5. The van der Waals surface area contributed by atoms with E-state index in [1.54, 1.807) is 13.0 Å². The number of rotatable bonds is 8. The minimum absolute atomic E-state index is 0.000441. The fourth-order valence-electron chi connectivity index (χ4n) is 2.24. The average molecular weight is 456 g/mol. The number of sulfonamides is 1. The first-order valence-electron chi connectivity index (χ1n) is 8.46. The first kappa shape index (κ1) is 23.3. The number of amides is 1. The Labute approximate surface area is 177 Å². The van der Waals surface area contributed by atoms with Crippen LogP contribution in [0.4, 0.5) is 11.4 Å². The topological polar surface area (TPSA) is 145 Å². The normalized spacial score (nSPS) is 11.0. The summed E-state index contributed by atoms with van der Waals surface area (Å²) in [6.45, 7) is 2.22. The number of anilines is 1. The van der Waals surface area contributed by atoms with Crippen molar-refractivity contribution in [3.8, 4) is 0 Å². The molecule has 30 heavy (non-hydrogen) atoms. The predicted molar refractivity (Wildman–Crippen MR) is 109 cm³/mol. The molecule has 0 aliphatic carbocycles. The number of nitro benzene ring substituents is 1.